The van der Waals surface area contributed by atoms with Gasteiger partial charge in [-0.05, 0) is 21.5 Å². The Hall–Kier alpha value is -0.970. The number of nitrogens with zero attached hydrogens (tertiary/aromatic N) is 1. The lowest BCUT2D eigenvalue weighted by molar-refractivity contribution is -0.384. The van der Waals surface area contributed by atoms with E-state index >= 15 is 0 Å². The Labute approximate surface area is 88.2 Å². The minimum Gasteiger partial charge on any atom is -0.258 e. The third-order valence-corrected chi connectivity index (χ3v) is 3.19. The van der Waals surface area contributed by atoms with Gasteiger partial charge in [0, 0.05) is 24.5 Å². The Morgan fingerprint density at radius 3 is 2.79 bits per heavy atom. The van der Waals surface area contributed by atoms with Crippen molar-refractivity contribution < 1.29 is 9.31 Å². The molecule has 0 bridgehead atoms. The van der Waals surface area contributed by atoms with Crippen molar-refractivity contribution in [1.29, 1.82) is 0 Å². The maximum Gasteiger partial charge on any atom is 0.269 e. The number of halogens is 2. The summed E-state index contributed by atoms with van der Waals surface area (Å²) in [6.45, 7) is 0. The molecule has 0 N–H and O–H groups in total. The predicted molar refractivity (Wildman–Crippen MR) is 53.2 cm³/mol. The molecule has 0 aliphatic heterocycles. The second-order valence-corrected chi connectivity index (χ2v) is 4.69. The lowest BCUT2D eigenvalue weighted by atomic mass is 10.1. The topological polar surface area (TPSA) is 43.1 Å². The molecule has 1 aliphatic rings. The Kier molecular flexibility index (Phi) is 2.06. The molecule has 1 fully saturated rings. The molecule has 74 valence electrons. The van der Waals surface area contributed by atoms with Gasteiger partial charge in [0.05, 0.1) is 4.92 Å². The van der Waals surface area contributed by atoms with Gasteiger partial charge >= 0.3 is 0 Å². The van der Waals surface area contributed by atoms with Gasteiger partial charge in [-0.25, -0.2) is 4.39 Å². The van der Waals surface area contributed by atoms with E-state index in [4.69, 9.17) is 0 Å². The summed E-state index contributed by atoms with van der Waals surface area (Å²) < 4.78 is 11.9. The first-order valence-electron chi connectivity index (χ1n) is 4.13. The average molecular weight is 260 g/mol. The lowest BCUT2D eigenvalue weighted by Crippen LogP contribution is -1.93. The largest absolute Gasteiger partial charge is 0.269 e. The molecule has 1 aromatic rings. The summed E-state index contributed by atoms with van der Waals surface area (Å²) in [6, 6.07) is 6.11. The summed E-state index contributed by atoms with van der Waals surface area (Å²) in [5.74, 6) is -0.248. The summed E-state index contributed by atoms with van der Waals surface area (Å²) in [4.78, 5) is 9.99. The Balaban J connectivity index is 2.28. The number of alkyl halides is 2. The third-order valence-electron chi connectivity index (χ3n) is 2.31. The second kappa shape index (κ2) is 3.02. The van der Waals surface area contributed by atoms with Crippen LogP contribution in [0, 0.1) is 10.1 Å². The summed E-state index contributed by atoms with van der Waals surface area (Å²) in [5, 5.41) is 10.5. The van der Waals surface area contributed by atoms with Crippen LogP contribution >= 0.6 is 15.9 Å². The van der Waals surface area contributed by atoms with Crippen LogP contribution < -0.4 is 0 Å². The van der Waals surface area contributed by atoms with Crippen LogP contribution in [-0.2, 0) is 0 Å². The fraction of sp³-hybridized carbons (Fsp3) is 0.333. The van der Waals surface area contributed by atoms with E-state index in [-0.39, 0.29) is 11.6 Å². The highest BCUT2D eigenvalue weighted by Crippen LogP contribution is 2.59. The van der Waals surface area contributed by atoms with Crippen LogP contribution in [0.2, 0.25) is 0 Å². The first kappa shape index (κ1) is 9.58. The number of non-ortho nitro benzene ring substituents is 1. The molecule has 0 radical (unpaired) electrons. The number of nitro benzene ring substituents is 1. The van der Waals surface area contributed by atoms with Crippen molar-refractivity contribution in [2.24, 2.45) is 0 Å². The van der Waals surface area contributed by atoms with Crippen molar-refractivity contribution in [3.05, 3.63) is 39.9 Å². The fourth-order valence-electron chi connectivity index (χ4n) is 1.43. The number of hydrogen-bond donors (Lipinski definition) is 0. The zero-order chi connectivity index (χ0) is 10.3. The Bertz CT molecular complexity index is 394. The van der Waals surface area contributed by atoms with Gasteiger partial charge in [0.1, 0.15) is 0 Å². The van der Waals surface area contributed by atoms with E-state index in [9.17, 15) is 14.5 Å². The molecule has 5 heteroatoms. The molecule has 2 atom stereocenters. The fourth-order valence-corrected chi connectivity index (χ4v) is 2.02. The molecule has 0 saturated heterocycles. The van der Waals surface area contributed by atoms with E-state index in [1.54, 1.807) is 12.1 Å². The van der Waals surface area contributed by atoms with Crippen LogP contribution in [0.5, 0.6) is 0 Å². The smallest absolute Gasteiger partial charge is 0.258 e. The van der Waals surface area contributed by atoms with Gasteiger partial charge < -0.3 is 0 Å². The molecular formula is C9H7BrFNO2. The van der Waals surface area contributed by atoms with Crippen molar-refractivity contribution >= 4 is 21.6 Å². The summed E-state index contributed by atoms with van der Waals surface area (Å²) in [5.41, 5.74) is 0.691. The highest BCUT2D eigenvalue weighted by molar-refractivity contribution is 9.10. The predicted octanol–water partition coefficient (Wildman–Crippen LogP) is 3.14. The van der Waals surface area contributed by atoms with Crippen LogP contribution in [-0.4, -0.2) is 9.50 Å². The van der Waals surface area contributed by atoms with Crippen LogP contribution in [0.1, 0.15) is 17.9 Å². The molecule has 0 amide bonds. The minimum atomic E-state index is -1.36. The van der Waals surface area contributed by atoms with E-state index in [0.717, 1.165) is 0 Å². The van der Waals surface area contributed by atoms with Crippen LogP contribution in [0.15, 0.2) is 24.3 Å². The number of rotatable bonds is 2. The van der Waals surface area contributed by atoms with E-state index in [0.29, 0.717) is 12.0 Å². The molecule has 2 rings (SSSR count). The number of hydrogen-bond acceptors (Lipinski definition) is 2. The van der Waals surface area contributed by atoms with Crippen molar-refractivity contribution in [2.75, 3.05) is 0 Å². The van der Waals surface area contributed by atoms with Crippen LogP contribution in [0.25, 0.3) is 0 Å². The van der Waals surface area contributed by atoms with E-state index in [2.05, 4.69) is 15.9 Å². The van der Waals surface area contributed by atoms with Gasteiger partial charge in [0.25, 0.3) is 5.69 Å². The molecule has 1 aromatic carbocycles. The summed E-state index contributed by atoms with van der Waals surface area (Å²) >= 11 is 2.91. The highest BCUT2D eigenvalue weighted by atomic mass is 79.9. The van der Waals surface area contributed by atoms with Crippen molar-refractivity contribution in [3.8, 4) is 0 Å². The normalized spacial score (nSPS) is 30.0. The van der Waals surface area contributed by atoms with Crippen molar-refractivity contribution in [2.45, 2.75) is 16.9 Å². The SMILES string of the molecule is O=[N+]([O-])c1cccc([C@H]2C[C@]2(F)Br)c1. The summed E-state index contributed by atoms with van der Waals surface area (Å²) in [7, 11) is 0. The maximum absolute atomic E-state index is 13.2. The first-order valence-corrected chi connectivity index (χ1v) is 4.92. The molecule has 0 unspecified atom stereocenters. The van der Waals surface area contributed by atoms with Gasteiger partial charge in [0.15, 0.2) is 4.58 Å². The molecule has 0 spiro atoms. The van der Waals surface area contributed by atoms with Gasteiger partial charge in [-0.3, -0.25) is 10.1 Å². The minimum absolute atomic E-state index is 0.0118. The Morgan fingerprint density at radius 1 is 1.64 bits per heavy atom. The second-order valence-electron chi connectivity index (χ2n) is 3.37. The maximum atomic E-state index is 13.2. The average Bonchev–Trinajstić information content (AvgIpc) is 2.75. The standard InChI is InChI=1S/C9H7BrFNO2/c10-9(11)5-8(9)6-2-1-3-7(4-6)12(13)14/h1-4,8H,5H2/t8-,9-/m1/s1. The summed E-state index contributed by atoms with van der Waals surface area (Å²) in [6.07, 6.45) is 0.383. The van der Waals surface area contributed by atoms with E-state index in [1.165, 1.54) is 12.1 Å². The van der Waals surface area contributed by atoms with Crippen molar-refractivity contribution in [3.63, 3.8) is 0 Å². The monoisotopic (exact) mass is 259 g/mol. The van der Waals surface area contributed by atoms with Crippen LogP contribution in [0.4, 0.5) is 10.1 Å². The molecule has 0 aromatic heterocycles. The quantitative estimate of drug-likeness (QED) is 0.465. The van der Waals surface area contributed by atoms with Crippen molar-refractivity contribution in [1.82, 2.24) is 0 Å². The van der Waals surface area contributed by atoms with E-state index in [1.807, 2.05) is 0 Å². The molecule has 14 heavy (non-hydrogen) atoms. The zero-order valence-corrected chi connectivity index (χ0v) is 8.70. The molecule has 1 saturated carbocycles. The lowest BCUT2D eigenvalue weighted by Gasteiger charge is -1.99. The van der Waals surface area contributed by atoms with Gasteiger partial charge in [-0.15, -0.1) is 0 Å². The zero-order valence-electron chi connectivity index (χ0n) is 7.11. The van der Waals surface area contributed by atoms with Gasteiger partial charge in [-0.2, -0.15) is 0 Å². The highest BCUT2D eigenvalue weighted by Gasteiger charge is 2.54. The molecule has 3 nitrogen and oxygen atoms in total. The Morgan fingerprint density at radius 2 is 2.29 bits per heavy atom. The van der Waals surface area contributed by atoms with Gasteiger partial charge in [0.2, 0.25) is 0 Å². The number of nitro groups is 1. The van der Waals surface area contributed by atoms with Gasteiger partial charge in [-0.1, -0.05) is 12.1 Å². The van der Waals surface area contributed by atoms with Crippen LogP contribution in [0.3, 0.4) is 0 Å². The molecule has 1 aliphatic carbocycles. The third kappa shape index (κ3) is 1.64. The van der Waals surface area contributed by atoms with E-state index < -0.39 is 9.50 Å². The first-order chi connectivity index (χ1) is 6.50. The molecule has 0 heterocycles. The number of benzene rings is 1. The molecular weight excluding hydrogens is 253 g/mol.